The Morgan fingerprint density at radius 3 is 2.09 bits per heavy atom. The van der Waals surface area contributed by atoms with Crippen LogP contribution >= 0.6 is 0 Å². The third kappa shape index (κ3) is 4.03. The van der Waals surface area contributed by atoms with Crippen molar-refractivity contribution in [3.05, 3.63) is 24.7 Å². The van der Waals surface area contributed by atoms with Crippen molar-refractivity contribution in [2.24, 2.45) is 0 Å². The molecule has 2 aromatic rings. The molecule has 122 valence electrons. The van der Waals surface area contributed by atoms with Gasteiger partial charge in [-0.2, -0.15) is 0 Å². The normalized spacial score (nSPS) is 12.1. The molecule has 0 saturated carbocycles. The van der Waals surface area contributed by atoms with Gasteiger partial charge in [0.15, 0.2) is 0 Å². The molecule has 2 heterocycles. The average molecular weight is 408 g/mol. The molecule has 22 heavy (non-hydrogen) atoms. The van der Waals surface area contributed by atoms with E-state index in [2.05, 4.69) is 43.0 Å². The number of hydrogen-bond donors (Lipinski definition) is 0. The Labute approximate surface area is 139 Å². The summed E-state index contributed by atoms with van der Waals surface area (Å²) in [5.41, 5.74) is 1.15. The van der Waals surface area contributed by atoms with Crippen LogP contribution in [-0.4, -0.2) is 33.0 Å². The first-order valence-corrected chi connectivity index (χ1v) is 16.5. The Morgan fingerprint density at radius 1 is 0.955 bits per heavy atom. The van der Waals surface area contributed by atoms with Crippen LogP contribution in [0.1, 0.15) is 59.3 Å². The average Bonchev–Trinajstić information content (AvgIpc) is 3.03. The predicted molar refractivity (Wildman–Crippen MR) is 97.5 cm³/mol. The summed E-state index contributed by atoms with van der Waals surface area (Å²) in [5.74, 6) is 0. The molecule has 0 spiro atoms. The summed E-state index contributed by atoms with van der Waals surface area (Å²) in [6.45, 7) is 6.98. The van der Waals surface area contributed by atoms with Gasteiger partial charge in [0, 0.05) is 0 Å². The van der Waals surface area contributed by atoms with Crippen molar-refractivity contribution in [2.75, 3.05) is 0 Å². The summed E-state index contributed by atoms with van der Waals surface area (Å²) in [6.07, 6.45) is 11.9. The molecule has 0 saturated heterocycles. The molecule has 0 bridgehead atoms. The molecule has 0 fully saturated rings. The Hall–Kier alpha value is -0.581. The Morgan fingerprint density at radius 2 is 1.55 bits per heavy atom. The molecule has 4 heteroatoms. The van der Waals surface area contributed by atoms with E-state index in [4.69, 9.17) is 0 Å². The zero-order valence-electron chi connectivity index (χ0n) is 14.5. The molecule has 0 aromatic carbocycles. The fraction of sp³-hybridized carbons (Fsp3) is 0.667. The second kappa shape index (κ2) is 8.90. The van der Waals surface area contributed by atoms with Crippen molar-refractivity contribution in [3.63, 3.8) is 0 Å². The van der Waals surface area contributed by atoms with Crippen molar-refractivity contribution in [1.29, 1.82) is 0 Å². The van der Waals surface area contributed by atoms with Crippen molar-refractivity contribution in [1.82, 2.24) is 14.6 Å². The zero-order chi connectivity index (χ0) is 15.8. The number of rotatable bonds is 10. The van der Waals surface area contributed by atoms with Crippen LogP contribution in [0.3, 0.4) is 0 Å². The van der Waals surface area contributed by atoms with Gasteiger partial charge in [0.2, 0.25) is 0 Å². The number of pyridine rings is 1. The molecule has 0 N–H and O–H groups in total. The fourth-order valence-electron chi connectivity index (χ4n) is 3.59. The first-order valence-electron chi connectivity index (χ1n) is 9.06. The van der Waals surface area contributed by atoms with Gasteiger partial charge < -0.3 is 0 Å². The van der Waals surface area contributed by atoms with Gasteiger partial charge in [-0.05, 0) is 0 Å². The molecule has 2 aromatic heterocycles. The second-order valence-electron chi connectivity index (χ2n) is 6.54. The topological polar surface area (TPSA) is 30.2 Å². The van der Waals surface area contributed by atoms with Gasteiger partial charge in [0.25, 0.3) is 0 Å². The molecule has 0 atom stereocenters. The van der Waals surface area contributed by atoms with E-state index in [0.717, 1.165) is 5.65 Å². The van der Waals surface area contributed by atoms with E-state index in [-0.39, 0.29) is 0 Å². The van der Waals surface area contributed by atoms with Gasteiger partial charge in [0.05, 0.1) is 0 Å². The number of nitrogens with zero attached hydrogens (tertiary/aromatic N) is 3. The van der Waals surface area contributed by atoms with Gasteiger partial charge in [-0.1, -0.05) is 0 Å². The maximum absolute atomic E-state index is 4.61. The van der Waals surface area contributed by atoms with Crippen LogP contribution in [0.15, 0.2) is 24.7 Å². The van der Waals surface area contributed by atoms with Crippen LogP contribution in [0.25, 0.3) is 5.65 Å². The van der Waals surface area contributed by atoms with Crippen LogP contribution in [0, 0.1) is 0 Å². The van der Waals surface area contributed by atoms with Crippen LogP contribution in [0.4, 0.5) is 0 Å². The van der Waals surface area contributed by atoms with Crippen LogP contribution in [-0.2, 0) is 0 Å². The first-order chi connectivity index (χ1) is 10.8. The van der Waals surface area contributed by atoms with Crippen molar-refractivity contribution >= 4 is 27.6 Å². The van der Waals surface area contributed by atoms with Crippen LogP contribution in [0.2, 0.25) is 13.3 Å². The van der Waals surface area contributed by atoms with E-state index in [9.17, 15) is 0 Å². The summed E-state index contributed by atoms with van der Waals surface area (Å²) in [6, 6.07) is 4.58. The number of aromatic nitrogens is 3. The third-order valence-electron chi connectivity index (χ3n) is 4.90. The summed E-state index contributed by atoms with van der Waals surface area (Å²) in [5, 5.41) is 4.37. The van der Waals surface area contributed by atoms with Crippen LogP contribution < -0.4 is 3.58 Å². The van der Waals surface area contributed by atoms with Crippen molar-refractivity contribution in [2.45, 2.75) is 72.6 Å². The number of hydrogen-bond acceptors (Lipinski definition) is 2. The van der Waals surface area contributed by atoms with E-state index in [0.29, 0.717) is 0 Å². The van der Waals surface area contributed by atoms with Gasteiger partial charge in [-0.15, -0.1) is 0 Å². The zero-order valence-corrected chi connectivity index (χ0v) is 17.4. The van der Waals surface area contributed by atoms with E-state index in [1.165, 1.54) is 51.8 Å². The standard InChI is InChI=1S/C6H4N3.3C4H9.Sn/c1-2-4-9-6(3-1)7-5-8-9;3*1-3-4-2;/h1-2,4-5H;3*1,3-4H2,2H3;. The van der Waals surface area contributed by atoms with Gasteiger partial charge in [-0.25, -0.2) is 0 Å². The summed E-state index contributed by atoms with van der Waals surface area (Å²) < 4.78 is 8.07. The molecular formula is C18H31N3Sn. The van der Waals surface area contributed by atoms with Crippen LogP contribution in [0.5, 0.6) is 0 Å². The van der Waals surface area contributed by atoms with E-state index >= 15 is 0 Å². The third-order valence-corrected chi connectivity index (χ3v) is 20.5. The maximum atomic E-state index is 4.61. The number of unbranched alkanes of at least 4 members (excludes halogenated alkanes) is 3. The molecule has 0 unspecified atom stereocenters. The minimum absolute atomic E-state index is 1.15. The molecule has 0 aliphatic heterocycles. The summed E-state index contributed by atoms with van der Waals surface area (Å²) in [4.78, 5) is 4.61. The van der Waals surface area contributed by atoms with Gasteiger partial charge >= 0.3 is 139 Å². The molecule has 0 aliphatic carbocycles. The SMILES string of the molecule is CCC[CH2][Sn]([CH2]CCC)([CH2]CCC)[c]1cccn2ncnc12. The molecule has 0 amide bonds. The second-order valence-corrected chi connectivity index (χ2v) is 19.7. The van der Waals surface area contributed by atoms with Gasteiger partial charge in [0.1, 0.15) is 0 Å². The molecular weight excluding hydrogens is 377 g/mol. The van der Waals surface area contributed by atoms with E-state index < -0.39 is 18.4 Å². The first kappa shape index (κ1) is 17.8. The number of fused-ring (bicyclic) bond motifs is 1. The molecule has 3 nitrogen and oxygen atoms in total. The van der Waals surface area contributed by atoms with Crippen molar-refractivity contribution in [3.8, 4) is 0 Å². The summed E-state index contributed by atoms with van der Waals surface area (Å²) in [7, 11) is 0. The van der Waals surface area contributed by atoms with Gasteiger partial charge in [-0.3, -0.25) is 0 Å². The molecule has 0 radical (unpaired) electrons. The monoisotopic (exact) mass is 409 g/mol. The summed E-state index contributed by atoms with van der Waals surface area (Å²) >= 11 is -2.39. The quantitative estimate of drug-likeness (QED) is 0.530. The molecule has 2 rings (SSSR count). The predicted octanol–water partition coefficient (Wildman–Crippen LogP) is 4.79. The Kier molecular flexibility index (Phi) is 7.19. The minimum atomic E-state index is -2.39. The fourth-order valence-corrected chi connectivity index (χ4v) is 20.0. The van der Waals surface area contributed by atoms with Crippen molar-refractivity contribution < 1.29 is 0 Å². The Balaban J connectivity index is 2.45. The Bertz CT molecular complexity index is 542. The molecule has 0 aliphatic rings. The van der Waals surface area contributed by atoms with E-state index in [1.54, 1.807) is 9.91 Å². The van der Waals surface area contributed by atoms with E-state index in [1.807, 2.05) is 10.7 Å².